The maximum atomic E-state index is 12.3. The Morgan fingerprint density at radius 1 is 1.10 bits per heavy atom. The van der Waals surface area contributed by atoms with Gasteiger partial charge in [-0.25, -0.2) is 0 Å². The van der Waals surface area contributed by atoms with E-state index in [0.29, 0.717) is 17.8 Å². The number of hydrogen-bond acceptors (Lipinski definition) is 6. The normalized spacial score (nSPS) is 10.5. The minimum absolute atomic E-state index is 0.0796. The molecule has 3 aromatic rings. The smallest absolute Gasteiger partial charge is 0.273 e. The van der Waals surface area contributed by atoms with Gasteiger partial charge in [0.25, 0.3) is 5.69 Å². The van der Waals surface area contributed by atoms with Crippen molar-refractivity contribution in [1.29, 1.82) is 0 Å². The van der Waals surface area contributed by atoms with Gasteiger partial charge in [-0.05, 0) is 30.5 Å². The van der Waals surface area contributed by atoms with Crippen molar-refractivity contribution in [2.45, 2.75) is 19.3 Å². The van der Waals surface area contributed by atoms with E-state index in [2.05, 4.69) is 15.5 Å². The first-order valence-electron chi connectivity index (χ1n) is 9.27. The van der Waals surface area contributed by atoms with Crippen LogP contribution in [0.25, 0.3) is 0 Å². The van der Waals surface area contributed by atoms with Crippen LogP contribution in [0, 0.1) is 10.1 Å². The first-order chi connectivity index (χ1) is 14.5. The number of carbonyl (C=O) groups is 1. The van der Waals surface area contributed by atoms with E-state index in [1.165, 1.54) is 6.07 Å². The van der Waals surface area contributed by atoms with Crippen molar-refractivity contribution in [3.8, 4) is 11.5 Å². The van der Waals surface area contributed by atoms with Crippen molar-refractivity contribution in [3.05, 3.63) is 75.5 Å². The molecule has 0 radical (unpaired) electrons. The summed E-state index contributed by atoms with van der Waals surface area (Å²) in [5, 5.41) is 20.7. The van der Waals surface area contributed by atoms with Gasteiger partial charge in [0.15, 0.2) is 5.82 Å². The predicted molar refractivity (Wildman–Crippen MR) is 111 cm³/mol. The number of methoxy groups -OCH3 is 2. The lowest BCUT2D eigenvalue weighted by atomic mass is 10.1. The van der Waals surface area contributed by atoms with E-state index in [9.17, 15) is 14.9 Å². The fraction of sp³-hybridized carbons (Fsp3) is 0.238. The number of nitro benzene ring substituents is 1. The monoisotopic (exact) mass is 410 g/mol. The molecule has 0 aliphatic rings. The third kappa shape index (κ3) is 5.34. The van der Waals surface area contributed by atoms with Crippen LogP contribution in [0.3, 0.4) is 0 Å². The zero-order chi connectivity index (χ0) is 21.5. The average Bonchev–Trinajstić information content (AvgIpc) is 3.19. The Morgan fingerprint density at radius 2 is 1.80 bits per heavy atom. The SMILES string of the molecule is COc1cc(CCc2cc(NC(=O)Cc3ccccc3[N+](=O)[O-])n[nH]2)cc(OC)c1. The number of aromatic nitrogens is 2. The van der Waals surface area contributed by atoms with Crippen LogP contribution in [0.4, 0.5) is 11.5 Å². The zero-order valence-electron chi connectivity index (χ0n) is 16.7. The summed E-state index contributed by atoms with van der Waals surface area (Å²) in [6, 6.07) is 13.6. The lowest BCUT2D eigenvalue weighted by Crippen LogP contribution is -2.15. The molecule has 0 bridgehead atoms. The van der Waals surface area contributed by atoms with Gasteiger partial charge in [0.05, 0.1) is 25.6 Å². The maximum absolute atomic E-state index is 12.3. The van der Waals surface area contributed by atoms with E-state index in [-0.39, 0.29) is 18.0 Å². The number of nitrogens with one attached hydrogen (secondary N) is 2. The molecule has 0 aliphatic heterocycles. The number of aryl methyl sites for hydroxylation is 2. The van der Waals surface area contributed by atoms with Crippen LogP contribution < -0.4 is 14.8 Å². The Kier molecular flexibility index (Phi) is 6.63. The fourth-order valence-corrected chi connectivity index (χ4v) is 3.04. The minimum Gasteiger partial charge on any atom is -0.497 e. The number of hydrogen-bond donors (Lipinski definition) is 2. The molecule has 2 aromatic carbocycles. The first kappa shape index (κ1) is 20.8. The number of rotatable bonds is 9. The molecule has 3 rings (SSSR count). The van der Waals surface area contributed by atoms with E-state index in [1.54, 1.807) is 38.5 Å². The highest BCUT2D eigenvalue weighted by atomic mass is 16.6. The molecule has 1 aromatic heterocycles. The van der Waals surface area contributed by atoms with Gasteiger partial charge < -0.3 is 14.8 Å². The van der Waals surface area contributed by atoms with E-state index in [1.807, 2.05) is 18.2 Å². The topological polar surface area (TPSA) is 119 Å². The Bertz CT molecular complexity index is 1030. The van der Waals surface area contributed by atoms with Crippen LogP contribution in [0.5, 0.6) is 11.5 Å². The number of nitro groups is 1. The summed E-state index contributed by atoms with van der Waals surface area (Å²) in [4.78, 5) is 22.8. The second-order valence-electron chi connectivity index (χ2n) is 6.61. The summed E-state index contributed by atoms with van der Waals surface area (Å²) < 4.78 is 10.6. The lowest BCUT2D eigenvalue weighted by Gasteiger charge is -2.08. The quantitative estimate of drug-likeness (QED) is 0.413. The molecule has 9 heteroatoms. The van der Waals surface area contributed by atoms with Gasteiger partial charge in [-0.3, -0.25) is 20.0 Å². The summed E-state index contributed by atoms with van der Waals surface area (Å²) >= 11 is 0. The molecule has 2 N–H and O–H groups in total. The van der Waals surface area contributed by atoms with Crippen LogP contribution in [-0.4, -0.2) is 35.2 Å². The summed E-state index contributed by atoms with van der Waals surface area (Å²) in [5.41, 5.74) is 2.16. The van der Waals surface area contributed by atoms with Crippen LogP contribution in [0.2, 0.25) is 0 Å². The summed E-state index contributed by atoms with van der Waals surface area (Å²) in [6.07, 6.45) is 1.28. The molecule has 0 aliphatic carbocycles. The third-order valence-electron chi connectivity index (χ3n) is 4.53. The Hall–Kier alpha value is -3.88. The molecule has 0 fully saturated rings. The molecule has 1 heterocycles. The number of carbonyl (C=O) groups excluding carboxylic acids is 1. The second-order valence-corrected chi connectivity index (χ2v) is 6.61. The van der Waals surface area contributed by atoms with Crippen molar-refractivity contribution in [2.24, 2.45) is 0 Å². The Labute approximate surface area is 173 Å². The van der Waals surface area contributed by atoms with Gasteiger partial charge in [-0.15, -0.1) is 0 Å². The van der Waals surface area contributed by atoms with Gasteiger partial charge in [0.2, 0.25) is 5.91 Å². The number of anilines is 1. The van der Waals surface area contributed by atoms with Gasteiger partial charge >= 0.3 is 0 Å². The molecule has 1 amide bonds. The lowest BCUT2D eigenvalue weighted by molar-refractivity contribution is -0.385. The molecule has 156 valence electrons. The van der Waals surface area contributed by atoms with Crippen LogP contribution in [0.1, 0.15) is 16.8 Å². The molecule has 0 saturated heterocycles. The maximum Gasteiger partial charge on any atom is 0.273 e. The first-order valence-corrected chi connectivity index (χ1v) is 9.27. The molecule has 9 nitrogen and oxygen atoms in total. The number of ether oxygens (including phenoxy) is 2. The second kappa shape index (κ2) is 9.55. The van der Waals surface area contributed by atoms with Crippen molar-refractivity contribution >= 4 is 17.4 Å². The highest BCUT2D eigenvalue weighted by molar-refractivity contribution is 5.92. The van der Waals surface area contributed by atoms with Crippen LogP contribution in [0.15, 0.2) is 48.5 Å². The molecular weight excluding hydrogens is 388 g/mol. The van der Waals surface area contributed by atoms with Crippen molar-refractivity contribution in [1.82, 2.24) is 10.2 Å². The average molecular weight is 410 g/mol. The summed E-state index contributed by atoms with van der Waals surface area (Å²) in [5.74, 6) is 1.44. The van der Waals surface area contributed by atoms with E-state index < -0.39 is 4.92 Å². The number of H-pyrrole nitrogens is 1. The van der Waals surface area contributed by atoms with E-state index in [0.717, 1.165) is 29.2 Å². The van der Waals surface area contributed by atoms with Crippen LogP contribution >= 0.6 is 0 Å². The molecule has 0 unspecified atom stereocenters. The Balaban J connectivity index is 1.59. The van der Waals surface area contributed by atoms with E-state index in [4.69, 9.17) is 9.47 Å². The number of para-hydroxylation sites is 1. The van der Waals surface area contributed by atoms with Gasteiger partial charge in [-0.1, -0.05) is 18.2 Å². The molecule has 0 spiro atoms. The van der Waals surface area contributed by atoms with Crippen molar-refractivity contribution in [3.63, 3.8) is 0 Å². The predicted octanol–water partition coefficient (Wildman–Crippen LogP) is 3.30. The Morgan fingerprint density at radius 3 is 2.47 bits per heavy atom. The van der Waals surface area contributed by atoms with Crippen LogP contribution in [-0.2, 0) is 24.1 Å². The van der Waals surface area contributed by atoms with Gasteiger partial charge in [0, 0.05) is 29.5 Å². The molecule has 0 atom stereocenters. The number of benzene rings is 2. The number of aromatic amines is 1. The number of amides is 1. The van der Waals surface area contributed by atoms with Crippen molar-refractivity contribution in [2.75, 3.05) is 19.5 Å². The van der Waals surface area contributed by atoms with Gasteiger partial charge in [-0.2, -0.15) is 5.10 Å². The number of nitrogens with zero attached hydrogens (tertiary/aromatic N) is 2. The molecule has 0 saturated carbocycles. The van der Waals surface area contributed by atoms with Crippen molar-refractivity contribution < 1.29 is 19.2 Å². The molecule has 30 heavy (non-hydrogen) atoms. The summed E-state index contributed by atoms with van der Waals surface area (Å²) in [7, 11) is 3.21. The summed E-state index contributed by atoms with van der Waals surface area (Å²) in [6.45, 7) is 0. The highest BCUT2D eigenvalue weighted by Crippen LogP contribution is 2.23. The van der Waals surface area contributed by atoms with E-state index >= 15 is 0 Å². The highest BCUT2D eigenvalue weighted by Gasteiger charge is 2.16. The minimum atomic E-state index is -0.497. The van der Waals surface area contributed by atoms with Gasteiger partial charge in [0.1, 0.15) is 11.5 Å². The fourth-order valence-electron chi connectivity index (χ4n) is 3.04. The standard InChI is InChI=1S/C21H22N4O5/c1-29-17-9-14(10-18(13-17)30-2)7-8-16-12-20(24-23-16)22-21(26)11-15-5-3-4-6-19(15)25(27)28/h3-6,9-10,12-13H,7-8,11H2,1-2H3,(H2,22,23,24,26). The zero-order valence-corrected chi connectivity index (χ0v) is 16.7. The largest absolute Gasteiger partial charge is 0.497 e. The third-order valence-corrected chi connectivity index (χ3v) is 4.53. The molecular formula is C21H22N4O5.